The van der Waals surface area contributed by atoms with Gasteiger partial charge in [0.2, 0.25) is 0 Å². The van der Waals surface area contributed by atoms with Gasteiger partial charge < -0.3 is 9.84 Å². The molecule has 2 rings (SSSR count). The molecular formula is C15H22O2S. The predicted molar refractivity (Wildman–Crippen MR) is 76.1 cm³/mol. The van der Waals surface area contributed by atoms with E-state index >= 15 is 0 Å². The van der Waals surface area contributed by atoms with Crippen LogP contribution in [0.2, 0.25) is 0 Å². The summed E-state index contributed by atoms with van der Waals surface area (Å²) < 4.78 is 5.34. The smallest absolute Gasteiger partial charge is 0.0636 e. The van der Waals surface area contributed by atoms with Gasteiger partial charge in [-0.2, -0.15) is 0 Å². The molecule has 0 saturated carbocycles. The Morgan fingerprint density at radius 2 is 2.06 bits per heavy atom. The van der Waals surface area contributed by atoms with Gasteiger partial charge in [0.1, 0.15) is 0 Å². The summed E-state index contributed by atoms with van der Waals surface area (Å²) in [5.41, 5.74) is 1.29. The number of aliphatic hydroxyl groups is 1. The van der Waals surface area contributed by atoms with Crippen LogP contribution in [0, 0.1) is 12.8 Å². The second-order valence-corrected chi connectivity index (χ2v) is 6.08. The minimum absolute atomic E-state index is 0.197. The van der Waals surface area contributed by atoms with Crippen LogP contribution in [0.4, 0.5) is 0 Å². The van der Waals surface area contributed by atoms with Gasteiger partial charge in [0.15, 0.2) is 0 Å². The fraction of sp³-hybridized carbons (Fsp3) is 0.600. The molecule has 0 aliphatic carbocycles. The summed E-state index contributed by atoms with van der Waals surface area (Å²) in [6.07, 6.45) is 2.93. The Balaban J connectivity index is 1.74. The van der Waals surface area contributed by atoms with Crippen LogP contribution in [0.5, 0.6) is 0 Å². The van der Waals surface area contributed by atoms with Crippen molar-refractivity contribution in [1.29, 1.82) is 0 Å². The topological polar surface area (TPSA) is 29.5 Å². The van der Waals surface area contributed by atoms with Crippen LogP contribution in [0.15, 0.2) is 29.2 Å². The minimum atomic E-state index is -0.197. The van der Waals surface area contributed by atoms with Crippen LogP contribution in [0.25, 0.3) is 0 Å². The Morgan fingerprint density at radius 1 is 1.33 bits per heavy atom. The molecule has 1 fully saturated rings. The van der Waals surface area contributed by atoms with Crippen LogP contribution in [0.3, 0.4) is 0 Å². The Kier molecular flexibility index (Phi) is 5.54. The standard InChI is InChI=1S/C15H22O2S/c1-12-4-2-3-5-15(12)18-11-14(16)10-13-6-8-17-9-7-13/h2-5,13-14,16H,6-11H2,1H3. The zero-order valence-corrected chi connectivity index (χ0v) is 11.8. The largest absolute Gasteiger partial charge is 0.392 e. The van der Waals surface area contributed by atoms with Gasteiger partial charge >= 0.3 is 0 Å². The zero-order valence-electron chi connectivity index (χ0n) is 11.0. The number of hydrogen-bond acceptors (Lipinski definition) is 3. The first-order valence-corrected chi connectivity index (χ1v) is 7.68. The summed E-state index contributed by atoms with van der Waals surface area (Å²) in [6, 6.07) is 8.35. The van der Waals surface area contributed by atoms with Gasteiger partial charge in [-0.15, -0.1) is 11.8 Å². The second-order valence-electron chi connectivity index (χ2n) is 5.02. The average Bonchev–Trinajstić information content (AvgIpc) is 2.39. The number of aliphatic hydroxyl groups excluding tert-OH is 1. The molecular weight excluding hydrogens is 244 g/mol. The molecule has 1 aromatic carbocycles. The van der Waals surface area contributed by atoms with Crippen molar-refractivity contribution < 1.29 is 9.84 Å². The van der Waals surface area contributed by atoms with Crippen molar-refractivity contribution in [3.63, 3.8) is 0 Å². The number of rotatable bonds is 5. The number of aryl methyl sites for hydroxylation is 1. The van der Waals surface area contributed by atoms with E-state index < -0.39 is 0 Å². The Bertz CT molecular complexity index is 361. The van der Waals surface area contributed by atoms with Gasteiger partial charge in [-0.3, -0.25) is 0 Å². The first kappa shape index (κ1) is 13.9. The lowest BCUT2D eigenvalue weighted by molar-refractivity contribution is 0.0478. The summed E-state index contributed by atoms with van der Waals surface area (Å²) in [7, 11) is 0. The lowest BCUT2D eigenvalue weighted by Gasteiger charge is -2.24. The van der Waals surface area contributed by atoms with E-state index in [1.165, 1.54) is 10.5 Å². The molecule has 1 saturated heterocycles. The average molecular weight is 266 g/mol. The molecule has 100 valence electrons. The van der Waals surface area contributed by atoms with Crippen molar-refractivity contribution in [2.75, 3.05) is 19.0 Å². The van der Waals surface area contributed by atoms with E-state index in [4.69, 9.17) is 4.74 Å². The van der Waals surface area contributed by atoms with Crippen LogP contribution in [-0.2, 0) is 4.74 Å². The summed E-state index contributed by atoms with van der Waals surface area (Å²) in [5.74, 6) is 1.44. The summed E-state index contributed by atoms with van der Waals surface area (Å²) in [4.78, 5) is 1.28. The van der Waals surface area contributed by atoms with Gasteiger partial charge in [-0.1, -0.05) is 18.2 Å². The summed E-state index contributed by atoms with van der Waals surface area (Å²) in [5, 5.41) is 10.1. The molecule has 18 heavy (non-hydrogen) atoms. The number of ether oxygens (including phenoxy) is 1. The van der Waals surface area contributed by atoms with Crippen molar-refractivity contribution in [1.82, 2.24) is 0 Å². The SMILES string of the molecule is Cc1ccccc1SCC(O)CC1CCOCC1. The maximum Gasteiger partial charge on any atom is 0.0636 e. The van der Waals surface area contributed by atoms with E-state index in [9.17, 15) is 5.11 Å². The maximum absolute atomic E-state index is 10.1. The van der Waals surface area contributed by atoms with Crippen molar-refractivity contribution >= 4 is 11.8 Å². The molecule has 2 nitrogen and oxygen atoms in total. The number of hydrogen-bond donors (Lipinski definition) is 1. The fourth-order valence-electron chi connectivity index (χ4n) is 2.34. The first-order valence-electron chi connectivity index (χ1n) is 6.70. The molecule has 1 unspecified atom stereocenters. The van der Waals surface area contributed by atoms with Crippen molar-refractivity contribution in [3.05, 3.63) is 29.8 Å². The summed E-state index contributed by atoms with van der Waals surface area (Å²) in [6.45, 7) is 3.85. The van der Waals surface area contributed by atoms with Crippen LogP contribution in [0.1, 0.15) is 24.8 Å². The highest BCUT2D eigenvalue weighted by atomic mass is 32.2. The Labute approximate surface area is 114 Å². The van der Waals surface area contributed by atoms with Gasteiger partial charge in [0.25, 0.3) is 0 Å². The Morgan fingerprint density at radius 3 is 2.78 bits per heavy atom. The van der Waals surface area contributed by atoms with E-state index in [2.05, 4.69) is 31.2 Å². The molecule has 1 aromatic rings. The van der Waals surface area contributed by atoms with E-state index in [1.807, 2.05) is 0 Å². The molecule has 0 bridgehead atoms. The molecule has 0 aromatic heterocycles. The lowest BCUT2D eigenvalue weighted by atomic mass is 9.94. The zero-order chi connectivity index (χ0) is 12.8. The molecule has 1 heterocycles. The highest BCUT2D eigenvalue weighted by Gasteiger charge is 2.18. The molecule has 1 atom stereocenters. The normalized spacial score (nSPS) is 18.8. The molecule has 1 aliphatic rings. The van der Waals surface area contributed by atoms with Crippen molar-refractivity contribution in [2.24, 2.45) is 5.92 Å². The monoisotopic (exact) mass is 266 g/mol. The molecule has 0 spiro atoms. The molecule has 0 radical (unpaired) electrons. The third-order valence-corrected chi connectivity index (χ3v) is 4.79. The molecule has 1 N–H and O–H groups in total. The number of thioether (sulfide) groups is 1. The third-order valence-electron chi connectivity index (χ3n) is 3.47. The summed E-state index contributed by atoms with van der Waals surface area (Å²) >= 11 is 1.76. The van der Waals surface area contributed by atoms with Gasteiger partial charge in [0, 0.05) is 23.9 Å². The van der Waals surface area contributed by atoms with E-state index in [0.717, 1.165) is 38.2 Å². The van der Waals surface area contributed by atoms with Gasteiger partial charge in [0.05, 0.1) is 6.10 Å². The highest BCUT2D eigenvalue weighted by Crippen LogP contribution is 2.26. The van der Waals surface area contributed by atoms with Crippen LogP contribution in [-0.4, -0.2) is 30.2 Å². The van der Waals surface area contributed by atoms with E-state index in [0.29, 0.717) is 5.92 Å². The van der Waals surface area contributed by atoms with Crippen molar-refractivity contribution in [3.8, 4) is 0 Å². The maximum atomic E-state index is 10.1. The third kappa shape index (κ3) is 4.30. The lowest BCUT2D eigenvalue weighted by Crippen LogP contribution is -2.22. The van der Waals surface area contributed by atoms with Gasteiger partial charge in [-0.25, -0.2) is 0 Å². The van der Waals surface area contributed by atoms with E-state index in [-0.39, 0.29) is 6.10 Å². The number of benzene rings is 1. The first-order chi connectivity index (χ1) is 8.75. The Hall–Kier alpha value is -0.510. The minimum Gasteiger partial charge on any atom is -0.392 e. The molecule has 1 aliphatic heterocycles. The molecule has 3 heteroatoms. The fourth-order valence-corrected chi connectivity index (χ4v) is 3.32. The predicted octanol–water partition coefficient (Wildman–Crippen LogP) is 3.26. The highest BCUT2D eigenvalue weighted by molar-refractivity contribution is 7.99. The van der Waals surface area contributed by atoms with E-state index in [1.54, 1.807) is 11.8 Å². The second kappa shape index (κ2) is 7.17. The molecule has 0 amide bonds. The van der Waals surface area contributed by atoms with Crippen LogP contribution < -0.4 is 0 Å². The van der Waals surface area contributed by atoms with Crippen molar-refractivity contribution in [2.45, 2.75) is 37.2 Å². The van der Waals surface area contributed by atoms with Gasteiger partial charge in [-0.05, 0) is 43.7 Å². The van der Waals surface area contributed by atoms with Crippen LogP contribution >= 0.6 is 11.8 Å². The quantitative estimate of drug-likeness (QED) is 0.830.